The molecule has 2 aromatic rings. The van der Waals surface area contributed by atoms with Crippen LogP contribution >= 0.6 is 0 Å². The summed E-state index contributed by atoms with van der Waals surface area (Å²) < 4.78 is 5.25. The van der Waals surface area contributed by atoms with Gasteiger partial charge in [0.05, 0.1) is 12.7 Å². The Balaban J connectivity index is 2.32. The third-order valence-corrected chi connectivity index (χ3v) is 5.32. The number of nitriles is 1. The molecule has 0 bridgehead atoms. The first kappa shape index (κ1) is 25.4. The standard InChI is InChI=1S/C27H30N2O4/c1-5-24(19(3)18-28)29(4)25(27(32)33-6-2)17-21-9-14-23(15-10-21)22-12-7-20(8-13-22)11-16-26(30)31/h7-10,12-15,17H,5-6,11,16H2,1-4H3,(H,30,31)/b24-19+,25-17+. The molecule has 0 amide bonds. The van der Waals surface area contributed by atoms with Crippen LogP contribution in [0.4, 0.5) is 0 Å². The average molecular weight is 447 g/mol. The van der Waals surface area contributed by atoms with E-state index in [9.17, 15) is 14.9 Å². The van der Waals surface area contributed by atoms with E-state index in [0.29, 0.717) is 24.1 Å². The van der Waals surface area contributed by atoms with Gasteiger partial charge < -0.3 is 14.7 Å². The zero-order valence-corrected chi connectivity index (χ0v) is 19.6. The van der Waals surface area contributed by atoms with Gasteiger partial charge in [0.25, 0.3) is 0 Å². The van der Waals surface area contributed by atoms with Crippen LogP contribution in [-0.4, -0.2) is 35.6 Å². The molecule has 0 aliphatic carbocycles. The number of carbonyl (C=O) groups is 2. The minimum Gasteiger partial charge on any atom is -0.481 e. The van der Waals surface area contributed by atoms with Gasteiger partial charge in [0.15, 0.2) is 0 Å². The first-order valence-electron chi connectivity index (χ1n) is 10.9. The van der Waals surface area contributed by atoms with Gasteiger partial charge >= 0.3 is 11.9 Å². The molecule has 6 heteroatoms. The molecule has 2 rings (SSSR count). The Morgan fingerprint density at radius 1 is 1.06 bits per heavy atom. The van der Waals surface area contributed by atoms with Crippen LogP contribution in [0.3, 0.4) is 0 Å². The number of aryl methyl sites for hydroxylation is 1. The van der Waals surface area contributed by atoms with Gasteiger partial charge in [0.2, 0.25) is 0 Å². The molecule has 0 spiro atoms. The van der Waals surface area contributed by atoms with Crippen LogP contribution in [0.15, 0.2) is 65.5 Å². The topological polar surface area (TPSA) is 90.6 Å². The summed E-state index contributed by atoms with van der Waals surface area (Å²) >= 11 is 0. The van der Waals surface area contributed by atoms with E-state index in [2.05, 4.69) is 6.07 Å². The van der Waals surface area contributed by atoms with Crippen molar-refractivity contribution in [2.24, 2.45) is 0 Å². The lowest BCUT2D eigenvalue weighted by Gasteiger charge is -2.24. The molecule has 0 saturated heterocycles. The van der Waals surface area contributed by atoms with E-state index in [0.717, 1.165) is 28.0 Å². The van der Waals surface area contributed by atoms with Gasteiger partial charge in [-0.05, 0) is 55.0 Å². The van der Waals surface area contributed by atoms with Crippen molar-refractivity contribution >= 4 is 18.0 Å². The number of carboxylic acids is 1. The number of hydrogen-bond donors (Lipinski definition) is 1. The van der Waals surface area contributed by atoms with Gasteiger partial charge in [0.1, 0.15) is 5.70 Å². The number of carboxylic acid groups (broad SMARTS) is 1. The summed E-state index contributed by atoms with van der Waals surface area (Å²) in [7, 11) is 1.77. The number of rotatable bonds is 10. The average Bonchev–Trinajstić information content (AvgIpc) is 2.82. The minimum atomic E-state index is -0.806. The van der Waals surface area contributed by atoms with Crippen LogP contribution in [0.2, 0.25) is 0 Å². The second-order valence-electron chi connectivity index (χ2n) is 7.56. The maximum Gasteiger partial charge on any atom is 0.354 e. The van der Waals surface area contributed by atoms with Gasteiger partial charge in [-0.15, -0.1) is 0 Å². The smallest absolute Gasteiger partial charge is 0.354 e. The molecular weight excluding hydrogens is 416 g/mol. The van der Waals surface area contributed by atoms with E-state index < -0.39 is 11.9 Å². The predicted molar refractivity (Wildman–Crippen MR) is 129 cm³/mol. The van der Waals surface area contributed by atoms with Crippen molar-refractivity contribution in [1.29, 1.82) is 5.26 Å². The van der Waals surface area contributed by atoms with E-state index in [4.69, 9.17) is 9.84 Å². The normalized spacial score (nSPS) is 11.9. The zero-order valence-electron chi connectivity index (χ0n) is 19.6. The minimum absolute atomic E-state index is 0.112. The van der Waals surface area contributed by atoms with E-state index in [1.54, 1.807) is 31.9 Å². The Kier molecular flexibility index (Phi) is 9.44. The fourth-order valence-electron chi connectivity index (χ4n) is 3.51. The van der Waals surface area contributed by atoms with Crippen molar-refractivity contribution < 1.29 is 19.4 Å². The maximum absolute atomic E-state index is 12.7. The van der Waals surface area contributed by atoms with Crippen LogP contribution in [0.5, 0.6) is 0 Å². The van der Waals surface area contributed by atoms with Crippen LogP contribution in [0.1, 0.15) is 44.7 Å². The molecule has 0 aliphatic heterocycles. The molecule has 0 atom stereocenters. The highest BCUT2D eigenvalue weighted by molar-refractivity contribution is 5.93. The van der Waals surface area contributed by atoms with E-state index in [1.165, 1.54) is 0 Å². The lowest BCUT2D eigenvalue weighted by Crippen LogP contribution is -2.25. The lowest BCUT2D eigenvalue weighted by atomic mass is 10.0. The molecule has 1 N–H and O–H groups in total. The number of esters is 1. The van der Waals surface area contributed by atoms with E-state index >= 15 is 0 Å². The molecule has 0 aromatic heterocycles. The summed E-state index contributed by atoms with van der Waals surface area (Å²) in [5.74, 6) is -1.25. The molecule has 0 fully saturated rings. The molecule has 0 heterocycles. The second-order valence-corrected chi connectivity index (χ2v) is 7.56. The summed E-state index contributed by atoms with van der Waals surface area (Å²) in [6, 6.07) is 17.8. The van der Waals surface area contributed by atoms with E-state index in [1.807, 2.05) is 55.5 Å². The number of hydrogen-bond acceptors (Lipinski definition) is 5. The van der Waals surface area contributed by atoms with Gasteiger partial charge in [0, 0.05) is 24.7 Å². The van der Waals surface area contributed by atoms with Gasteiger partial charge in [-0.25, -0.2) is 4.79 Å². The van der Waals surface area contributed by atoms with Gasteiger partial charge in [-0.2, -0.15) is 5.26 Å². The summed E-state index contributed by atoms with van der Waals surface area (Å²) in [5.41, 5.74) is 5.52. The molecule has 0 aliphatic rings. The summed E-state index contributed by atoms with van der Waals surface area (Å²) in [4.78, 5) is 25.1. The predicted octanol–water partition coefficient (Wildman–Crippen LogP) is 5.41. The van der Waals surface area contributed by atoms with Crippen molar-refractivity contribution in [2.75, 3.05) is 13.7 Å². The fourth-order valence-corrected chi connectivity index (χ4v) is 3.51. The first-order chi connectivity index (χ1) is 15.8. The van der Waals surface area contributed by atoms with Crippen molar-refractivity contribution in [2.45, 2.75) is 40.0 Å². The molecule has 0 unspecified atom stereocenters. The van der Waals surface area contributed by atoms with Crippen LogP contribution in [0, 0.1) is 11.3 Å². The molecule has 172 valence electrons. The Morgan fingerprint density at radius 3 is 2.12 bits per heavy atom. The highest BCUT2D eigenvalue weighted by Crippen LogP contribution is 2.24. The van der Waals surface area contributed by atoms with Crippen LogP contribution < -0.4 is 0 Å². The number of benzene rings is 2. The van der Waals surface area contributed by atoms with Crippen molar-refractivity contribution in [1.82, 2.24) is 4.90 Å². The fraction of sp³-hybridized carbons (Fsp3) is 0.296. The summed E-state index contributed by atoms with van der Waals surface area (Å²) in [6.07, 6.45) is 2.98. The largest absolute Gasteiger partial charge is 0.481 e. The van der Waals surface area contributed by atoms with Crippen LogP contribution in [-0.2, 0) is 20.7 Å². The molecule has 0 saturated carbocycles. The molecule has 6 nitrogen and oxygen atoms in total. The van der Waals surface area contributed by atoms with E-state index in [-0.39, 0.29) is 13.0 Å². The Labute approximate surface area is 195 Å². The van der Waals surface area contributed by atoms with Crippen molar-refractivity contribution in [3.8, 4) is 17.2 Å². The number of likely N-dealkylation sites (N-methyl/N-ethyl adjacent to an activating group) is 1. The Bertz CT molecular complexity index is 1070. The summed E-state index contributed by atoms with van der Waals surface area (Å²) in [5, 5.41) is 18.1. The number of aliphatic carboxylic acids is 1. The molecule has 33 heavy (non-hydrogen) atoms. The van der Waals surface area contributed by atoms with Gasteiger partial charge in [-0.1, -0.05) is 55.5 Å². The molecular formula is C27H30N2O4. The number of carbonyl (C=O) groups excluding carboxylic acids is 1. The lowest BCUT2D eigenvalue weighted by molar-refractivity contribution is -0.140. The third kappa shape index (κ3) is 7.08. The Hall–Kier alpha value is -3.85. The zero-order chi connectivity index (χ0) is 24.4. The monoisotopic (exact) mass is 446 g/mol. The Morgan fingerprint density at radius 2 is 1.64 bits per heavy atom. The highest BCUT2D eigenvalue weighted by atomic mass is 16.5. The van der Waals surface area contributed by atoms with Crippen LogP contribution in [0.25, 0.3) is 17.2 Å². The molecule has 2 aromatic carbocycles. The second kappa shape index (κ2) is 12.3. The number of allylic oxidation sites excluding steroid dienone is 2. The highest BCUT2D eigenvalue weighted by Gasteiger charge is 2.19. The number of ether oxygens (including phenoxy) is 1. The SMILES string of the molecule is CCOC(=O)/C(=C\c1ccc(-c2ccc(CCC(=O)O)cc2)cc1)N(C)/C(CC)=C(\C)C#N. The summed E-state index contributed by atoms with van der Waals surface area (Å²) in [6.45, 7) is 5.69. The van der Waals surface area contributed by atoms with Gasteiger partial charge in [-0.3, -0.25) is 4.79 Å². The maximum atomic E-state index is 12.7. The first-order valence-corrected chi connectivity index (χ1v) is 10.9. The van der Waals surface area contributed by atoms with Crippen molar-refractivity contribution in [3.05, 3.63) is 76.6 Å². The quantitative estimate of drug-likeness (QED) is 0.298. The third-order valence-electron chi connectivity index (χ3n) is 5.32. The molecule has 0 radical (unpaired) electrons. The van der Waals surface area contributed by atoms with Crippen molar-refractivity contribution in [3.63, 3.8) is 0 Å². The number of nitrogens with zero attached hydrogens (tertiary/aromatic N) is 2.